The number of hydrogen-bond acceptors (Lipinski definition) is 6. The second-order valence-electron chi connectivity index (χ2n) is 3.77. The molecule has 0 amide bonds. The normalized spacial score (nSPS) is 23.0. The van der Waals surface area contributed by atoms with Crippen LogP contribution in [0.3, 0.4) is 0 Å². The van der Waals surface area contributed by atoms with Gasteiger partial charge in [0, 0.05) is 0 Å². The van der Waals surface area contributed by atoms with Crippen molar-refractivity contribution in [3.8, 4) is 0 Å². The van der Waals surface area contributed by atoms with Crippen LogP contribution in [0.1, 0.15) is 39.0 Å². The van der Waals surface area contributed by atoms with E-state index < -0.39 is 0 Å². The fourth-order valence-corrected chi connectivity index (χ4v) is 2.28. The van der Waals surface area contributed by atoms with Crippen molar-refractivity contribution in [2.75, 3.05) is 6.67 Å². The van der Waals surface area contributed by atoms with E-state index >= 15 is 0 Å². The fourth-order valence-electron chi connectivity index (χ4n) is 1.62. The summed E-state index contributed by atoms with van der Waals surface area (Å²) in [6.45, 7) is 2.76. The van der Waals surface area contributed by atoms with Gasteiger partial charge in [0.25, 0.3) is 0 Å². The van der Waals surface area contributed by atoms with Gasteiger partial charge in [-0.2, -0.15) is 0 Å². The number of thiol groups is 2. The van der Waals surface area contributed by atoms with Crippen molar-refractivity contribution in [2.45, 2.75) is 45.2 Å². The maximum absolute atomic E-state index is 5.70. The summed E-state index contributed by atoms with van der Waals surface area (Å²) >= 11 is 8.68. The molecule has 0 saturated carbocycles. The highest BCUT2D eigenvalue weighted by Crippen LogP contribution is 2.21. The van der Waals surface area contributed by atoms with Crippen molar-refractivity contribution in [2.24, 2.45) is 10.7 Å². The molecule has 0 fully saturated rings. The molecule has 1 aliphatic heterocycles. The van der Waals surface area contributed by atoms with Crippen LogP contribution in [-0.2, 0) is 0 Å². The van der Waals surface area contributed by atoms with Crippen LogP contribution in [0, 0.1) is 0 Å². The summed E-state index contributed by atoms with van der Waals surface area (Å²) in [5, 5.41) is 0. The Morgan fingerprint density at radius 3 is 2.80 bits per heavy atom. The zero-order valence-corrected chi connectivity index (χ0v) is 10.9. The first-order valence-electron chi connectivity index (χ1n) is 5.40. The lowest BCUT2D eigenvalue weighted by atomic mass is 10.1. The van der Waals surface area contributed by atoms with Gasteiger partial charge in [0.15, 0.2) is 0 Å². The van der Waals surface area contributed by atoms with Crippen molar-refractivity contribution < 1.29 is 0 Å². The van der Waals surface area contributed by atoms with E-state index in [1.54, 1.807) is 4.31 Å². The van der Waals surface area contributed by atoms with Gasteiger partial charge in [0.2, 0.25) is 5.96 Å². The van der Waals surface area contributed by atoms with Gasteiger partial charge in [-0.3, -0.25) is 4.31 Å². The third kappa shape index (κ3) is 3.77. The minimum atomic E-state index is 0.158. The summed E-state index contributed by atoms with van der Waals surface area (Å²) in [6, 6.07) is 0. The highest BCUT2D eigenvalue weighted by molar-refractivity contribution is 7.79. The number of unbranched alkanes of at least 4 members (excludes halogenated alkanes) is 3. The third-order valence-electron chi connectivity index (χ3n) is 2.55. The van der Waals surface area contributed by atoms with Crippen LogP contribution in [-0.4, -0.2) is 27.4 Å². The molecule has 1 atom stereocenters. The van der Waals surface area contributed by atoms with Gasteiger partial charge < -0.3 is 5.73 Å². The summed E-state index contributed by atoms with van der Waals surface area (Å²) < 4.78 is 3.57. The molecule has 1 rings (SSSR count). The Bertz CT molecular complexity index is 222. The lowest BCUT2D eigenvalue weighted by Gasteiger charge is -2.36. The van der Waals surface area contributed by atoms with Crippen LogP contribution in [0.25, 0.3) is 0 Å². The van der Waals surface area contributed by atoms with Crippen LogP contribution < -0.4 is 5.73 Å². The molecule has 2 N–H and O–H groups in total. The van der Waals surface area contributed by atoms with Crippen molar-refractivity contribution >= 4 is 31.6 Å². The highest BCUT2D eigenvalue weighted by Gasteiger charge is 2.26. The van der Waals surface area contributed by atoms with Gasteiger partial charge in [-0.25, -0.2) is 9.30 Å². The number of guanidine groups is 1. The predicted octanol–water partition coefficient (Wildman–Crippen LogP) is 1.86. The van der Waals surface area contributed by atoms with Crippen molar-refractivity contribution in [1.82, 2.24) is 8.61 Å². The Morgan fingerprint density at radius 2 is 2.13 bits per heavy atom. The van der Waals surface area contributed by atoms with Gasteiger partial charge in [-0.05, 0) is 12.8 Å². The second-order valence-corrected chi connectivity index (χ2v) is 4.72. The van der Waals surface area contributed by atoms with Gasteiger partial charge in [0.1, 0.15) is 12.8 Å². The molecular formula is C9H20N4S2. The quantitative estimate of drug-likeness (QED) is 0.514. The molecule has 0 aromatic carbocycles. The van der Waals surface area contributed by atoms with E-state index in [4.69, 9.17) is 5.73 Å². The van der Waals surface area contributed by atoms with E-state index in [1.165, 1.54) is 25.7 Å². The van der Waals surface area contributed by atoms with E-state index in [2.05, 4.69) is 37.5 Å². The first-order valence-corrected chi connectivity index (χ1v) is 6.20. The number of aliphatic imine (C=N–C) groups is 1. The Hall–Kier alpha value is -0.0700. The average Bonchev–Trinajstić information content (AvgIpc) is 2.23. The summed E-state index contributed by atoms with van der Waals surface area (Å²) in [4.78, 5) is 4.08. The largest absolute Gasteiger partial charge is 0.369 e. The predicted molar refractivity (Wildman–Crippen MR) is 70.7 cm³/mol. The zero-order chi connectivity index (χ0) is 11.3. The Labute approximate surface area is 103 Å². The molecule has 1 heterocycles. The molecule has 4 nitrogen and oxygen atoms in total. The Balaban J connectivity index is 2.35. The Kier molecular flexibility index (Phi) is 5.63. The highest BCUT2D eigenvalue weighted by atomic mass is 32.1. The van der Waals surface area contributed by atoms with E-state index in [-0.39, 0.29) is 6.17 Å². The molecule has 0 saturated heterocycles. The summed E-state index contributed by atoms with van der Waals surface area (Å²) in [5.41, 5.74) is 5.70. The summed E-state index contributed by atoms with van der Waals surface area (Å²) in [7, 11) is 0. The summed E-state index contributed by atoms with van der Waals surface area (Å²) in [6.07, 6.45) is 6.17. The van der Waals surface area contributed by atoms with Gasteiger partial charge in [-0.1, -0.05) is 51.8 Å². The molecule has 15 heavy (non-hydrogen) atoms. The van der Waals surface area contributed by atoms with Gasteiger partial charge in [0.05, 0.1) is 0 Å². The van der Waals surface area contributed by atoms with Crippen LogP contribution in [0.4, 0.5) is 0 Å². The topological polar surface area (TPSA) is 44.9 Å². The average molecular weight is 248 g/mol. The standard InChI is InChI=1S/C9H20N4S2/c1-2-3-4-5-6-8-12(14)7-11-9(10)13(8)15/h8,14-15H,2-7H2,1H3,(H2,10,11). The molecule has 0 bridgehead atoms. The Morgan fingerprint density at radius 1 is 1.40 bits per heavy atom. The molecule has 1 aliphatic rings. The zero-order valence-electron chi connectivity index (χ0n) is 9.13. The maximum atomic E-state index is 5.70. The maximum Gasteiger partial charge on any atom is 0.204 e. The number of rotatable bonds is 5. The smallest absolute Gasteiger partial charge is 0.204 e. The van der Waals surface area contributed by atoms with Crippen LogP contribution in [0.5, 0.6) is 0 Å². The van der Waals surface area contributed by atoms with Gasteiger partial charge >= 0.3 is 0 Å². The second kappa shape index (κ2) is 6.50. The lowest BCUT2D eigenvalue weighted by Crippen LogP contribution is -2.49. The first kappa shape index (κ1) is 13.0. The third-order valence-corrected chi connectivity index (χ3v) is 3.42. The van der Waals surface area contributed by atoms with Crippen LogP contribution >= 0.6 is 25.6 Å². The number of nitrogens with two attached hydrogens (primary N) is 1. The molecule has 0 spiro atoms. The van der Waals surface area contributed by atoms with Crippen LogP contribution in [0.15, 0.2) is 4.99 Å². The van der Waals surface area contributed by atoms with E-state index in [0.29, 0.717) is 12.6 Å². The van der Waals surface area contributed by atoms with Crippen LogP contribution in [0.2, 0.25) is 0 Å². The molecule has 0 aliphatic carbocycles. The van der Waals surface area contributed by atoms with Crippen molar-refractivity contribution in [3.05, 3.63) is 0 Å². The van der Waals surface area contributed by atoms with Gasteiger partial charge in [-0.15, -0.1) is 0 Å². The monoisotopic (exact) mass is 248 g/mol. The summed E-state index contributed by atoms with van der Waals surface area (Å²) in [5.74, 6) is 0.490. The molecule has 0 radical (unpaired) electrons. The van der Waals surface area contributed by atoms with E-state index in [1.807, 2.05) is 4.31 Å². The first-order chi connectivity index (χ1) is 7.16. The lowest BCUT2D eigenvalue weighted by molar-refractivity contribution is 0.232. The SMILES string of the molecule is CCCCCCC1N(S)CN=C(N)N1S. The molecule has 1 unspecified atom stereocenters. The molecular weight excluding hydrogens is 228 g/mol. The van der Waals surface area contributed by atoms with E-state index in [9.17, 15) is 0 Å². The molecule has 88 valence electrons. The van der Waals surface area contributed by atoms with Crippen molar-refractivity contribution in [1.29, 1.82) is 0 Å². The van der Waals surface area contributed by atoms with E-state index in [0.717, 1.165) is 6.42 Å². The fraction of sp³-hybridized carbons (Fsp3) is 0.889. The molecule has 0 aromatic heterocycles. The number of nitrogens with zero attached hydrogens (tertiary/aromatic N) is 3. The molecule has 0 aromatic rings. The minimum absolute atomic E-state index is 0.158. The minimum Gasteiger partial charge on any atom is -0.369 e. The van der Waals surface area contributed by atoms with Crippen molar-refractivity contribution in [3.63, 3.8) is 0 Å². The number of hydrogen-bond donors (Lipinski definition) is 3. The molecule has 6 heteroatoms.